The highest BCUT2D eigenvalue weighted by atomic mass is 32.2. The molecule has 0 amide bonds. The van der Waals surface area contributed by atoms with E-state index in [1.807, 2.05) is 84.9 Å². The molecule has 5 atom stereocenters. The average Bonchev–Trinajstić information content (AvgIpc) is 3.59. The number of rotatable bonds is 11. The van der Waals surface area contributed by atoms with Crippen molar-refractivity contribution < 1.29 is 28.8 Å². The van der Waals surface area contributed by atoms with Crippen LogP contribution in [0, 0.1) is 6.92 Å². The quantitative estimate of drug-likeness (QED) is 0.168. The van der Waals surface area contributed by atoms with Crippen LogP contribution < -0.4 is 20.7 Å². The summed E-state index contributed by atoms with van der Waals surface area (Å²) in [5.41, 5.74) is -0.696. The molecule has 0 spiro atoms. The molecule has 2 N–H and O–H groups in total. The van der Waals surface area contributed by atoms with E-state index in [0.717, 1.165) is 28.5 Å². The molecule has 2 saturated heterocycles. The Balaban J connectivity index is 1.36. The molecule has 2 aliphatic heterocycles. The second kappa shape index (κ2) is 14.2. The van der Waals surface area contributed by atoms with Gasteiger partial charge in [0.25, 0.3) is 5.56 Å². The number of benzene rings is 4. The van der Waals surface area contributed by atoms with Crippen LogP contribution in [0.25, 0.3) is 0 Å². The van der Waals surface area contributed by atoms with E-state index in [0.29, 0.717) is 22.6 Å². The summed E-state index contributed by atoms with van der Waals surface area (Å²) in [7, 11) is 3.21. The first-order valence-corrected chi connectivity index (χ1v) is 18.1. The number of aliphatic hydroxyl groups is 1. The van der Waals surface area contributed by atoms with Crippen molar-refractivity contribution in [2.45, 2.75) is 40.3 Å². The lowest BCUT2D eigenvalue weighted by atomic mass is 9.79. The van der Waals surface area contributed by atoms with Crippen LogP contribution in [0.2, 0.25) is 0 Å². The van der Waals surface area contributed by atoms with Gasteiger partial charge >= 0.3 is 5.69 Å². The van der Waals surface area contributed by atoms with Crippen LogP contribution in [0.15, 0.2) is 125 Å². The third-order valence-corrected chi connectivity index (χ3v) is 12.6. The lowest BCUT2D eigenvalue weighted by molar-refractivity contribution is -0.153. The standard InChI is InChI=1S/C39H36N2O8S2/c1-24-22-41(37(45)40-33(24)43)34-31-32(42)38(49-34,36(50-31)51-35(44)25-10-6-4-7-11-25)23-48-39(26-12-8-5-9-13-26,27-14-18-29(46-2)19-15-27)28-16-20-30(47-3)21-17-28/h4-22,31-32,34,36,42H,23H2,1-3H3,(H,40,43,45)/t31-,32+,34-,36-,38-/m1/s1. The van der Waals surface area contributed by atoms with E-state index < -0.39 is 44.6 Å². The van der Waals surface area contributed by atoms with Gasteiger partial charge in [-0.2, -0.15) is 0 Å². The molecule has 3 heterocycles. The molecule has 0 unspecified atom stereocenters. The number of hydrogen-bond donors (Lipinski definition) is 2. The summed E-state index contributed by atoms with van der Waals surface area (Å²) in [6.45, 7) is 1.41. The van der Waals surface area contributed by atoms with Crippen LogP contribution in [0.4, 0.5) is 0 Å². The summed E-state index contributed by atoms with van der Waals surface area (Å²) in [6.07, 6.45) is -0.671. The van der Waals surface area contributed by atoms with Crippen molar-refractivity contribution in [3.8, 4) is 11.5 Å². The van der Waals surface area contributed by atoms with Crippen LogP contribution in [-0.2, 0) is 15.1 Å². The average molecular weight is 725 g/mol. The Hall–Kier alpha value is -4.59. The number of thioether (sulfide) groups is 2. The Morgan fingerprint density at radius 3 is 2.00 bits per heavy atom. The van der Waals surface area contributed by atoms with Crippen LogP contribution in [0.3, 0.4) is 0 Å². The number of nitrogens with zero attached hydrogens (tertiary/aromatic N) is 1. The number of carbonyl (C=O) groups is 1. The molecular weight excluding hydrogens is 689 g/mol. The third kappa shape index (κ3) is 6.21. The highest BCUT2D eigenvalue weighted by Crippen LogP contribution is 2.60. The van der Waals surface area contributed by atoms with Crippen molar-refractivity contribution >= 4 is 28.6 Å². The summed E-state index contributed by atoms with van der Waals surface area (Å²) >= 11 is 2.42. The summed E-state index contributed by atoms with van der Waals surface area (Å²) in [5.74, 6) is 1.33. The first-order valence-electron chi connectivity index (χ1n) is 16.3. The second-order valence-corrected chi connectivity index (χ2v) is 15.0. The fourth-order valence-corrected chi connectivity index (χ4v) is 10.0. The molecule has 0 saturated carbocycles. The topological polar surface area (TPSA) is 129 Å². The molecule has 0 radical (unpaired) electrons. The number of hydrogen-bond acceptors (Lipinski definition) is 10. The van der Waals surface area contributed by atoms with Crippen LogP contribution >= 0.6 is 23.5 Å². The van der Waals surface area contributed by atoms with Crippen LogP contribution in [0.1, 0.15) is 38.8 Å². The molecule has 2 aliphatic rings. The maximum absolute atomic E-state index is 13.7. The molecule has 5 aromatic rings. The van der Waals surface area contributed by atoms with Gasteiger partial charge in [0.2, 0.25) is 5.12 Å². The van der Waals surface area contributed by atoms with Gasteiger partial charge in [0.1, 0.15) is 28.8 Å². The molecule has 2 bridgehead atoms. The number of H-pyrrole nitrogens is 1. The Kier molecular flexibility index (Phi) is 9.70. The minimum atomic E-state index is -1.47. The summed E-state index contributed by atoms with van der Waals surface area (Å²) < 4.78 is 25.7. The first-order chi connectivity index (χ1) is 24.7. The smallest absolute Gasteiger partial charge is 0.330 e. The van der Waals surface area contributed by atoms with Crippen molar-refractivity contribution in [3.63, 3.8) is 0 Å². The number of methoxy groups -OCH3 is 2. The molecule has 12 heteroatoms. The predicted molar refractivity (Wildman–Crippen MR) is 197 cm³/mol. The van der Waals surface area contributed by atoms with Gasteiger partial charge < -0.3 is 24.1 Å². The Morgan fingerprint density at radius 1 is 0.882 bits per heavy atom. The maximum Gasteiger partial charge on any atom is 0.330 e. The SMILES string of the molecule is COc1ccc(C(OC[C@]23O[C@@H](n4cc(C)c(=O)[nH]c4=O)[C@H](S[C@@H]2SC(=O)c2ccccc2)[C@@H]3O)(c2ccccc2)c2ccc(OC)cc2)cc1. The molecular formula is C39H36N2O8S2. The number of aryl methyl sites for hydroxylation is 1. The zero-order chi connectivity index (χ0) is 35.8. The van der Waals surface area contributed by atoms with E-state index in [9.17, 15) is 19.5 Å². The highest BCUT2D eigenvalue weighted by Gasteiger charge is 2.68. The fraction of sp³-hybridized carbons (Fsp3) is 0.256. The minimum Gasteiger partial charge on any atom is -0.497 e. The molecule has 2 fully saturated rings. The number of fused-ring (bicyclic) bond motifs is 2. The number of aliphatic hydroxyl groups excluding tert-OH is 1. The van der Waals surface area contributed by atoms with E-state index >= 15 is 0 Å². The Bertz CT molecular complexity index is 2080. The summed E-state index contributed by atoms with van der Waals surface area (Å²) in [4.78, 5) is 41.4. The zero-order valence-corrected chi connectivity index (χ0v) is 29.7. The Labute approximate surface area is 302 Å². The number of ether oxygens (including phenoxy) is 4. The van der Waals surface area contributed by atoms with Crippen LogP contribution in [-0.4, -0.2) is 62.1 Å². The molecule has 10 nitrogen and oxygen atoms in total. The minimum absolute atomic E-state index is 0.183. The van der Waals surface area contributed by atoms with Gasteiger partial charge in [-0.25, -0.2) is 4.79 Å². The van der Waals surface area contributed by atoms with Gasteiger partial charge in [-0.3, -0.25) is 19.1 Å². The molecule has 0 aliphatic carbocycles. The zero-order valence-electron chi connectivity index (χ0n) is 28.1. The maximum atomic E-state index is 13.7. The number of carbonyl (C=O) groups excluding carboxylic acids is 1. The van der Waals surface area contributed by atoms with Crippen LogP contribution in [0.5, 0.6) is 11.5 Å². The van der Waals surface area contributed by atoms with Crippen molar-refractivity contribution in [3.05, 3.63) is 164 Å². The summed E-state index contributed by atoms with van der Waals surface area (Å²) in [5, 5.41) is 11.3. The van der Waals surface area contributed by atoms with E-state index in [1.54, 1.807) is 45.4 Å². The molecule has 7 rings (SSSR count). The van der Waals surface area contributed by atoms with Gasteiger partial charge in [-0.05, 0) is 47.9 Å². The number of nitrogens with one attached hydrogen (secondary N) is 1. The van der Waals surface area contributed by atoms with Crippen molar-refractivity contribution in [1.29, 1.82) is 0 Å². The Morgan fingerprint density at radius 2 is 1.43 bits per heavy atom. The van der Waals surface area contributed by atoms with Gasteiger partial charge in [0, 0.05) is 17.3 Å². The van der Waals surface area contributed by atoms with Crippen molar-refractivity contribution in [1.82, 2.24) is 9.55 Å². The molecule has 4 aromatic carbocycles. The lowest BCUT2D eigenvalue weighted by Crippen LogP contribution is -2.52. The normalized spacial score (nSPS) is 22.5. The van der Waals surface area contributed by atoms with E-state index in [1.165, 1.54) is 22.5 Å². The highest BCUT2D eigenvalue weighted by molar-refractivity contribution is 8.25. The largest absolute Gasteiger partial charge is 0.497 e. The monoisotopic (exact) mass is 724 g/mol. The molecule has 1 aromatic heterocycles. The van der Waals surface area contributed by atoms with Gasteiger partial charge in [0.15, 0.2) is 6.23 Å². The van der Waals surface area contributed by atoms with Crippen molar-refractivity contribution in [2.75, 3.05) is 20.8 Å². The van der Waals surface area contributed by atoms with Gasteiger partial charge in [0.05, 0.1) is 30.7 Å². The van der Waals surface area contributed by atoms with Gasteiger partial charge in [-0.15, -0.1) is 11.8 Å². The lowest BCUT2D eigenvalue weighted by Gasteiger charge is -2.42. The fourth-order valence-electron chi connectivity index (χ4n) is 6.73. The first kappa shape index (κ1) is 34.8. The van der Waals surface area contributed by atoms with Crippen molar-refractivity contribution in [2.24, 2.45) is 0 Å². The molecule has 262 valence electrons. The predicted octanol–water partition coefficient (Wildman–Crippen LogP) is 5.51. The number of aromatic amines is 1. The third-order valence-electron chi connectivity index (χ3n) is 9.44. The van der Waals surface area contributed by atoms with E-state index in [-0.39, 0.29) is 11.7 Å². The summed E-state index contributed by atoms with van der Waals surface area (Å²) in [6, 6.07) is 33.8. The molecule has 51 heavy (non-hydrogen) atoms. The van der Waals surface area contributed by atoms with Gasteiger partial charge in [-0.1, -0.05) is 96.7 Å². The van der Waals surface area contributed by atoms with E-state index in [4.69, 9.17) is 18.9 Å². The number of aromatic nitrogens is 2. The second-order valence-electron chi connectivity index (χ2n) is 12.4. The van der Waals surface area contributed by atoms with E-state index in [2.05, 4.69) is 4.98 Å².